The molecule has 1 heterocycles. The molecule has 82 valence electrons. The first kappa shape index (κ1) is 10.4. The minimum atomic E-state index is -3.41. The van der Waals surface area contributed by atoms with Gasteiger partial charge in [-0.2, -0.15) is 0 Å². The molecule has 1 unspecified atom stereocenters. The van der Waals surface area contributed by atoms with Crippen molar-refractivity contribution in [3.8, 4) is 0 Å². The summed E-state index contributed by atoms with van der Waals surface area (Å²) in [5, 5.41) is 2.96. The van der Waals surface area contributed by atoms with Gasteiger partial charge in [0.2, 0.25) is 0 Å². The van der Waals surface area contributed by atoms with Crippen LogP contribution in [0.2, 0.25) is 0 Å². The minimum absolute atomic E-state index is 0.0206. The highest BCUT2D eigenvalue weighted by Gasteiger charge is 2.29. The Bertz CT molecular complexity index is 487. The molecule has 15 heavy (non-hydrogen) atoms. The van der Waals surface area contributed by atoms with Gasteiger partial charge in [-0.3, -0.25) is 0 Å². The first-order valence-corrected chi connectivity index (χ1v) is 6.17. The Morgan fingerprint density at radius 2 is 2.27 bits per heavy atom. The van der Waals surface area contributed by atoms with Crippen molar-refractivity contribution in [2.75, 3.05) is 17.6 Å². The SMILES string of the molecule is NCC1CS(=O)(=O)c2cc(F)ccc2N1. The Balaban J connectivity index is 2.55. The molecule has 1 aliphatic heterocycles. The number of benzene rings is 1. The third kappa shape index (κ3) is 1.82. The van der Waals surface area contributed by atoms with Gasteiger partial charge in [-0.05, 0) is 18.2 Å². The Morgan fingerprint density at radius 1 is 1.53 bits per heavy atom. The molecule has 0 aromatic heterocycles. The van der Waals surface area contributed by atoms with Gasteiger partial charge in [0.1, 0.15) is 5.82 Å². The summed E-state index contributed by atoms with van der Waals surface area (Å²) < 4.78 is 36.4. The van der Waals surface area contributed by atoms with Gasteiger partial charge < -0.3 is 11.1 Å². The van der Waals surface area contributed by atoms with Crippen LogP contribution in [0.4, 0.5) is 10.1 Å². The molecule has 0 amide bonds. The van der Waals surface area contributed by atoms with E-state index in [9.17, 15) is 12.8 Å². The lowest BCUT2D eigenvalue weighted by Gasteiger charge is -2.25. The van der Waals surface area contributed by atoms with Crippen LogP contribution in [0.25, 0.3) is 0 Å². The third-order valence-corrected chi connectivity index (χ3v) is 4.19. The lowest BCUT2D eigenvalue weighted by Crippen LogP contribution is -2.39. The number of sulfone groups is 1. The van der Waals surface area contributed by atoms with E-state index in [4.69, 9.17) is 5.73 Å². The standard InChI is InChI=1S/C9H11FN2O2S/c10-6-1-2-8-9(3-6)15(13,14)5-7(4-11)12-8/h1-3,7,12H,4-5,11H2. The highest BCUT2D eigenvalue weighted by molar-refractivity contribution is 7.91. The first-order chi connectivity index (χ1) is 7.03. The maximum Gasteiger partial charge on any atom is 0.182 e. The fourth-order valence-electron chi connectivity index (χ4n) is 1.62. The maximum atomic E-state index is 12.9. The zero-order chi connectivity index (χ0) is 11.1. The number of nitrogens with two attached hydrogens (primary N) is 1. The van der Waals surface area contributed by atoms with Gasteiger partial charge in [0.15, 0.2) is 9.84 Å². The molecule has 0 radical (unpaired) electrons. The lowest BCUT2D eigenvalue weighted by molar-refractivity contribution is 0.580. The van der Waals surface area contributed by atoms with E-state index < -0.39 is 15.7 Å². The number of nitrogens with one attached hydrogen (secondary N) is 1. The van der Waals surface area contributed by atoms with Crippen LogP contribution in [0.1, 0.15) is 0 Å². The molecule has 0 saturated heterocycles. The first-order valence-electron chi connectivity index (χ1n) is 4.52. The van der Waals surface area contributed by atoms with Gasteiger partial charge in [0.05, 0.1) is 22.4 Å². The summed E-state index contributed by atoms with van der Waals surface area (Å²) in [6.45, 7) is 0.232. The van der Waals surface area contributed by atoms with Crippen molar-refractivity contribution in [3.63, 3.8) is 0 Å². The van der Waals surface area contributed by atoms with Gasteiger partial charge in [-0.1, -0.05) is 0 Å². The smallest absolute Gasteiger partial charge is 0.182 e. The summed E-state index contributed by atoms with van der Waals surface area (Å²) in [6, 6.07) is 3.38. The second-order valence-electron chi connectivity index (χ2n) is 3.50. The number of hydrogen-bond acceptors (Lipinski definition) is 4. The molecule has 6 heteroatoms. The van der Waals surface area contributed by atoms with Crippen molar-refractivity contribution in [3.05, 3.63) is 24.0 Å². The molecule has 0 aliphatic carbocycles. The van der Waals surface area contributed by atoms with Gasteiger partial charge in [-0.15, -0.1) is 0 Å². The second-order valence-corrected chi connectivity index (χ2v) is 5.50. The Morgan fingerprint density at radius 3 is 2.93 bits per heavy atom. The minimum Gasteiger partial charge on any atom is -0.379 e. The maximum absolute atomic E-state index is 12.9. The summed E-state index contributed by atoms with van der Waals surface area (Å²) in [6.07, 6.45) is 0. The van der Waals surface area contributed by atoms with E-state index in [0.717, 1.165) is 6.07 Å². The molecule has 0 fully saturated rings. The van der Waals surface area contributed by atoms with E-state index in [1.54, 1.807) is 0 Å². The molecule has 1 aromatic rings. The molecule has 1 aromatic carbocycles. The molecule has 0 spiro atoms. The van der Waals surface area contributed by atoms with Crippen molar-refractivity contribution in [2.24, 2.45) is 5.73 Å². The van der Waals surface area contributed by atoms with Gasteiger partial charge in [0.25, 0.3) is 0 Å². The van der Waals surface area contributed by atoms with Crippen LogP contribution in [0.5, 0.6) is 0 Å². The number of fused-ring (bicyclic) bond motifs is 1. The zero-order valence-corrected chi connectivity index (χ0v) is 8.72. The van der Waals surface area contributed by atoms with Crippen LogP contribution >= 0.6 is 0 Å². The normalized spacial score (nSPS) is 22.9. The van der Waals surface area contributed by atoms with Crippen molar-refractivity contribution >= 4 is 15.5 Å². The Labute approximate surface area is 87.2 Å². The van der Waals surface area contributed by atoms with Crippen molar-refractivity contribution in [1.29, 1.82) is 0 Å². The highest BCUT2D eigenvalue weighted by Crippen LogP contribution is 2.28. The van der Waals surface area contributed by atoms with Crippen LogP contribution in [0.15, 0.2) is 23.1 Å². The predicted molar refractivity (Wildman–Crippen MR) is 54.9 cm³/mol. The summed E-state index contributed by atoms with van der Waals surface area (Å²) in [7, 11) is -3.41. The predicted octanol–water partition coefficient (Wildman–Crippen LogP) is 0.352. The van der Waals surface area contributed by atoms with E-state index in [2.05, 4.69) is 5.32 Å². The monoisotopic (exact) mass is 230 g/mol. The average Bonchev–Trinajstić information content (AvgIpc) is 2.18. The molecule has 1 aliphatic rings. The fourth-order valence-corrected chi connectivity index (χ4v) is 3.30. The van der Waals surface area contributed by atoms with Crippen molar-refractivity contribution in [2.45, 2.75) is 10.9 Å². The van der Waals surface area contributed by atoms with Gasteiger partial charge in [0, 0.05) is 6.54 Å². The Hall–Kier alpha value is -1.14. The average molecular weight is 230 g/mol. The summed E-state index contributed by atoms with van der Waals surface area (Å²) >= 11 is 0. The van der Waals surface area contributed by atoms with E-state index in [1.807, 2.05) is 0 Å². The summed E-state index contributed by atoms with van der Waals surface area (Å²) in [5.41, 5.74) is 5.84. The van der Waals surface area contributed by atoms with E-state index in [-0.39, 0.29) is 23.2 Å². The van der Waals surface area contributed by atoms with Crippen LogP contribution in [-0.4, -0.2) is 26.8 Å². The second kappa shape index (κ2) is 3.46. The molecule has 0 bridgehead atoms. The van der Waals surface area contributed by atoms with Crippen LogP contribution in [0, 0.1) is 5.82 Å². The van der Waals surface area contributed by atoms with Crippen LogP contribution in [-0.2, 0) is 9.84 Å². The molecule has 3 N–H and O–H groups in total. The third-order valence-electron chi connectivity index (χ3n) is 2.34. The highest BCUT2D eigenvalue weighted by atomic mass is 32.2. The van der Waals surface area contributed by atoms with Crippen molar-refractivity contribution < 1.29 is 12.8 Å². The van der Waals surface area contributed by atoms with E-state index >= 15 is 0 Å². The van der Waals surface area contributed by atoms with Gasteiger partial charge >= 0.3 is 0 Å². The summed E-state index contributed by atoms with van der Waals surface area (Å²) in [4.78, 5) is 0.0206. The number of anilines is 1. The lowest BCUT2D eigenvalue weighted by atomic mass is 10.2. The molecular weight excluding hydrogens is 219 g/mol. The molecule has 4 nitrogen and oxygen atoms in total. The molecule has 1 atom stereocenters. The number of hydrogen-bond donors (Lipinski definition) is 2. The van der Waals surface area contributed by atoms with Crippen LogP contribution in [0.3, 0.4) is 0 Å². The van der Waals surface area contributed by atoms with Crippen LogP contribution < -0.4 is 11.1 Å². The fraction of sp³-hybridized carbons (Fsp3) is 0.333. The zero-order valence-electron chi connectivity index (χ0n) is 7.90. The van der Waals surface area contributed by atoms with Gasteiger partial charge in [-0.25, -0.2) is 12.8 Å². The molecule has 0 saturated carbocycles. The van der Waals surface area contributed by atoms with E-state index in [1.165, 1.54) is 12.1 Å². The summed E-state index contributed by atoms with van der Waals surface area (Å²) in [5.74, 6) is -0.634. The molecule has 2 rings (SSSR count). The topological polar surface area (TPSA) is 72.2 Å². The Kier molecular flexibility index (Phi) is 2.40. The number of halogens is 1. The quantitative estimate of drug-likeness (QED) is 0.730. The number of rotatable bonds is 1. The largest absolute Gasteiger partial charge is 0.379 e. The van der Waals surface area contributed by atoms with Crippen molar-refractivity contribution in [1.82, 2.24) is 0 Å². The van der Waals surface area contributed by atoms with E-state index in [0.29, 0.717) is 5.69 Å². The molecular formula is C9H11FN2O2S.